The lowest BCUT2D eigenvalue weighted by Gasteiger charge is -2.19. The number of rotatable bonds is 11. The van der Waals surface area contributed by atoms with Gasteiger partial charge in [0.05, 0.1) is 22.1 Å². The largest absolute Gasteiger partial charge is 0.309 e. The van der Waals surface area contributed by atoms with Gasteiger partial charge < -0.3 is 9.13 Å². The lowest BCUT2D eigenvalue weighted by atomic mass is 9.84. The van der Waals surface area contributed by atoms with E-state index in [4.69, 9.17) is 0 Å². The smallest absolute Gasteiger partial charge is 0.0541 e. The summed E-state index contributed by atoms with van der Waals surface area (Å²) < 4.78 is 4.75. The number of aryl methyl sites for hydroxylation is 4. The molecule has 21 rings (SSSR count). The number of para-hydroxylation sites is 4. The van der Waals surface area contributed by atoms with Gasteiger partial charge >= 0.3 is 0 Å². The number of hydrogen-bond donors (Lipinski definition) is 0. The molecule has 2 aromatic heterocycles. The Balaban J connectivity index is 0.000000147. The topological polar surface area (TPSA) is 9.86 Å². The van der Waals surface area contributed by atoms with Gasteiger partial charge in [0.15, 0.2) is 0 Å². The van der Waals surface area contributed by atoms with Crippen LogP contribution in [0.2, 0.25) is 0 Å². The molecule has 0 saturated heterocycles. The van der Waals surface area contributed by atoms with E-state index in [0.717, 1.165) is 0 Å². The summed E-state index contributed by atoms with van der Waals surface area (Å²) in [6.45, 7) is 8.93. The average Bonchev–Trinajstić information content (AvgIpc) is 1.11. The number of aromatic nitrogens is 2. The summed E-state index contributed by atoms with van der Waals surface area (Å²) in [5.41, 5.74) is 34.7. The van der Waals surface area contributed by atoms with Gasteiger partial charge in [-0.1, -0.05) is 340 Å². The van der Waals surface area contributed by atoms with Gasteiger partial charge in [0, 0.05) is 32.9 Å². The van der Waals surface area contributed by atoms with E-state index >= 15 is 0 Å². The molecule has 0 aliphatic carbocycles. The highest BCUT2D eigenvalue weighted by atomic mass is 15.0. The fraction of sp³-hybridized carbons (Fsp3) is 0.0364. The van der Waals surface area contributed by atoms with Gasteiger partial charge in [-0.3, -0.25) is 0 Å². The zero-order valence-corrected chi connectivity index (χ0v) is 63.0. The Labute approximate surface area is 653 Å². The molecule has 21 aromatic rings. The van der Waals surface area contributed by atoms with Crippen LogP contribution >= 0.6 is 0 Å². The molecule has 0 radical (unpaired) electrons. The van der Waals surface area contributed by atoms with E-state index in [1.165, 1.54) is 220 Å². The standard InChI is InChI=1S/C58H41N.C52H37N/c1-38-35-53-54(36-39(38)2)58(46-31-27-44(28-32-46)47-33-34-56-52(37-47)49-17-11-12-20-55(49)59(56)48-15-7-4-8-16-48)51-19-10-9-18-50(51)57(53)45-29-25-43(26-30-45)42-23-21-41(22-24-42)40-13-5-3-6-14-40;1-34-31-47-48(32-35(34)2)52(45-19-10-9-18-44(45)51(47)39-25-21-37(22-26-39)36-13-5-3-6-14-36)40-27-23-38(24-28-40)41-29-30-50-46(33-41)43-17-11-12-20-49(43)53(50)42-15-7-4-8-16-42/h3-37H,1-2H3;3-33H,1-2H3. The van der Waals surface area contributed by atoms with Gasteiger partial charge in [-0.2, -0.15) is 0 Å². The molecule has 2 nitrogen and oxygen atoms in total. The van der Waals surface area contributed by atoms with E-state index in [2.05, 4.69) is 437 Å². The molecule has 0 saturated carbocycles. The third-order valence-corrected chi connectivity index (χ3v) is 23.4. The van der Waals surface area contributed by atoms with Gasteiger partial charge in [0.2, 0.25) is 0 Å². The van der Waals surface area contributed by atoms with Gasteiger partial charge in [0.1, 0.15) is 0 Å². The maximum atomic E-state index is 2.41. The van der Waals surface area contributed by atoms with Crippen LogP contribution in [0.25, 0.3) is 198 Å². The molecular weight excluding hydrogens is 1350 g/mol. The lowest BCUT2D eigenvalue weighted by molar-refractivity contribution is 1.18. The number of nitrogens with zero attached hydrogens (tertiary/aromatic N) is 2. The van der Waals surface area contributed by atoms with Crippen LogP contribution in [0.4, 0.5) is 0 Å². The first-order valence-corrected chi connectivity index (χ1v) is 38.9. The molecular formula is C110H78N2. The minimum Gasteiger partial charge on any atom is -0.309 e. The molecule has 0 amide bonds. The Morgan fingerprint density at radius 2 is 0.330 bits per heavy atom. The second-order valence-electron chi connectivity index (χ2n) is 30.0. The summed E-state index contributed by atoms with van der Waals surface area (Å²) in [6.07, 6.45) is 0. The van der Waals surface area contributed by atoms with Crippen LogP contribution in [-0.4, -0.2) is 9.13 Å². The van der Waals surface area contributed by atoms with Crippen LogP contribution in [0.3, 0.4) is 0 Å². The molecule has 19 aromatic carbocycles. The van der Waals surface area contributed by atoms with Crippen molar-refractivity contribution in [2.45, 2.75) is 27.7 Å². The Morgan fingerprint density at radius 3 is 0.607 bits per heavy atom. The molecule has 0 fully saturated rings. The monoisotopic (exact) mass is 1430 g/mol. The molecule has 2 heteroatoms. The first-order chi connectivity index (χ1) is 55.2. The van der Waals surface area contributed by atoms with Crippen molar-refractivity contribution in [3.05, 3.63) is 423 Å². The second kappa shape index (κ2) is 28.1. The van der Waals surface area contributed by atoms with Crippen LogP contribution in [0.5, 0.6) is 0 Å². The van der Waals surface area contributed by atoms with E-state index in [9.17, 15) is 0 Å². The van der Waals surface area contributed by atoms with Gasteiger partial charge in [0.25, 0.3) is 0 Å². The predicted octanol–water partition coefficient (Wildman–Crippen LogP) is 30.4. The zero-order valence-electron chi connectivity index (χ0n) is 63.0. The molecule has 2 heterocycles. The molecule has 0 aliphatic heterocycles. The Kier molecular flexibility index (Phi) is 16.9. The molecule has 0 atom stereocenters. The summed E-state index contributed by atoms with van der Waals surface area (Å²) in [6, 6.07) is 147. The van der Waals surface area contributed by atoms with Crippen LogP contribution in [0, 0.1) is 27.7 Å². The van der Waals surface area contributed by atoms with Crippen molar-refractivity contribution in [1.82, 2.24) is 9.13 Å². The predicted molar refractivity (Wildman–Crippen MR) is 479 cm³/mol. The van der Waals surface area contributed by atoms with Gasteiger partial charge in [-0.15, -0.1) is 0 Å². The molecule has 0 N–H and O–H groups in total. The minimum atomic E-state index is 1.17. The highest BCUT2D eigenvalue weighted by molar-refractivity contribution is 6.24. The first-order valence-electron chi connectivity index (χ1n) is 38.9. The Morgan fingerprint density at radius 1 is 0.134 bits per heavy atom. The molecule has 0 unspecified atom stereocenters. The van der Waals surface area contributed by atoms with E-state index < -0.39 is 0 Å². The molecule has 0 spiro atoms. The highest BCUT2D eigenvalue weighted by Crippen LogP contribution is 2.49. The van der Waals surface area contributed by atoms with Crippen molar-refractivity contribution in [1.29, 1.82) is 0 Å². The van der Waals surface area contributed by atoms with Crippen LogP contribution in [-0.2, 0) is 0 Å². The molecule has 0 bridgehead atoms. The van der Waals surface area contributed by atoms with Gasteiger partial charge in [-0.25, -0.2) is 0 Å². The maximum absolute atomic E-state index is 2.41. The third-order valence-electron chi connectivity index (χ3n) is 23.4. The van der Waals surface area contributed by atoms with Crippen molar-refractivity contribution in [2.75, 3.05) is 0 Å². The third kappa shape index (κ3) is 11.8. The van der Waals surface area contributed by atoms with E-state index in [1.54, 1.807) is 0 Å². The summed E-state index contributed by atoms with van der Waals surface area (Å²) in [5.74, 6) is 0. The normalized spacial score (nSPS) is 11.6. The van der Waals surface area contributed by atoms with Crippen molar-refractivity contribution < 1.29 is 0 Å². The fourth-order valence-corrected chi connectivity index (χ4v) is 17.6. The number of benzene rings is 19. The first kappa shape index (κ1) is 67.2. The summed E-state index contributed by atoms with van der Waals surface area (Å²) in [4.78, 5) is 0. The van der Waals surface area contributed by atoms with Crippen LogP contribution in [0.1, 0.15) is 22.3 Å². The SMILES string of the molecule is Cc1cc2c(-c3ccc(-c4ccc(-c5ccccc5)cc4)cc3)c3ccccc3c(-c3ccc(-c4ccc5c(c4)c4ccccc4n5-c4ccccc4)cc3)c2cc1C.Cc1cc2c(-c3ccc(-c4ccccc4)cc3)c3ccccc3c(-c3ccc(-c4ccc5c(c4)c4ccccc4n5-c4ccccc4)cc3)c2cc1C. The van der Waals surface area contributed by atoms with Crippen molar-refractivity contribution in [3.63, 3.8) is 0 Å². The molecule has 0 aliphatic rings. The summed E-state index contributed by atoms with van der Waals surface area (Å²) in [5, 5.41) is 15.3. The van der Waals surface area contributed by atoms with Crippen molar-refractivity contribution in [2.24, 2.45) is 0 Å². The van der Waals surface area contributed by atoms with Gasteiger partial charge in [-0.05, 0) is 254 Å². The maximum Gasteiger partial charge on any atom is 0.0541 e. The number of fused-ring (bicyclic) bond motifs is 10. The average molecular weight is 1430 g/mol. The second-order valence-corrected chi connectivity index (χ2v) is 30.0. The minimum absolute atomic E-state index is 1.17. The fourth-order valence-electron chi connectivity index (χ4n) is 17.6. The Hall–Kier alpha value is -14.2. The van der Waals surface area contributed by atoms with E-state index in [-0.39, 0.29) is 0 Å². The van der Waals surface area contributed by atoms with Crippen LogP contribution in [0.15, 0.2) is 400 Å². The number of hydrogen-bond acceptors (Lipinski definition) is 0. The summed E-state index contributed by atoms with van der Waals surface area (Å²) in [7, 11) is 0. The van der Waals surface area contributed by atoms with E-state index in [0.29, 0.717) is 0 Å². The van der Waals surface area contributed by atoms with Crippen molar-refractivity contribution in [3.8, 4) is 112 Å². The quantitative estimate of drug-likeness (QED) is 0.114. The molecule has 112 heavy (non-hydrogen) atoms. The highest BCUT2D eigenvalue weighted by Gasteiger charge is 2.23. The van der Waals surface area contributed by atoms with Crippen LogP contribution < -0.4 is 0 Å². The zero-order chi connectivity index (χ0) is 74.9. The van der Waals surface area contributed by atoms with Crippen molar-refractivity contribution >= 4 is 86.7 Å². The van der Waals surface area contributed by atoms with E-state index in [1.807, 2.05) is 0 Å². The summed E-state index contributed by atoms with van der Waals surface area (Å²) >= 11 is 0. The molecule has 528 valence electrons. The lowest BCUT2D eigenvalue weighted by Crippen LogP contribution is -1.93. The Bertz CT molecular complexity index is 7170.